The second kappa shape index (κ2) is 6.88. The molecule has 0 radical (unpaired) electrons. The molecule has 6 heteroatoms. The first-order valence-electron chi connectivity index (χ1n) is 9.02. The Kier molecular flexibility index (Phi) is 4.62. The van der Waals surface area contributed by atoms with Crippen LogP contribution in [0.2, 0.25) is 0 Å². The van der Waals surface area contributed by atoms with E-state index in [1.165, 1.54) is 32.3 Å². The highest BCUT2D eigenvalue weighted by molar-refractivity contribution is 7.50. The molecule has 0 aliphatic carbocycles. The molecule has 0 amide bonds. The second-order valence-electron chi connectivity index (χ2n) is 7.22. The summed E-state index contributed by atoms with van der Waals surface area (Å²) in [6.45, 7) is 1.68. The number of carbonyl (C=O) groups is 1. The molecule has 0 unspecified atom stereocenters. The number of ether oxygens (including phenoxy) is 1. The van der Waals surface area contributed by atoms with Gasteiger partial charge in [0.15, 0.2) is 14.3 Å². The van der Waals surface area contributed by atoms with Gasteiger partial charge >= 0.3 is 12.1 Å². The zero-order valence-corrected chi connectivity index (χ0v) is 16.6. The number of carbonyl (C=O) groups excluding carboxylic acids is 1. The van der Waals surface area contributed by atoms with Crippen LogP contribution in [0.1, 0.15) is 24.2 Å². The Morgan fingerprint density at radius 2 is 1.28 bits per heavy atom. The van der Waals surface area contributed by atoms with Crippen LogP contribution >= 0.6 is 10.5 Å². The Morgan fingerprint density at radius 3 is 1.76 bits per heavy atom. The molecular weight excluding hydrogens is 397 g/mol. The van der Waals surface area contributed by atoms with E-state index in [4.69, 9.17) is 4.74 Å². The average molecular weight is 415 g/mol. The van der Waals surface area contributed by atoms with E-state index in [9.17, 15) is 18.0 Å². The van der Waals surface area contributed by atoms with E-state index >= 15 is 0 Å². The first-order chi connectivity index (χ1) is 13.7. The highest BCUT2D eigenvalue weighted by atomic mass is 32.2. The van der Waals surface area contributed by atoms with E-state index in [0.717, 1.165) is 18.7 Å². The van der Waals surface area contributed by atoms with Crippen molar-refractivity contribution in [1.82, 2.24) is 0 Å². The molecule has 0 N–H and O–H groups in total. The Hall–Kier alpha value is -2.86. The van der Waals surface area contributed by atoms with Crippen molar-refractivity contribution in [1.29, 1.82) is 0 Å². The Labute approximate surface area is 168 Å². The summed E-state index contributed by atoms with van der Waals surface area (Å²) in [6.07, 6.45) is -4.64. The number of halogens is 3. The highest BCUT2D eigenvalue weighted by Crippen LogP contribution is 2.48. The number of rotatable bonds is 3. The van der Waals surface area contributed by atoms with Gasteiger partial charge in [0.25, 0.3) is 0 Å². The Balaban J connectivity index is 1.73. The summed E-state index contributed by atoms with van der Waals surface area (Å²) in [6, 6.07) is 23.0. The standard InChI is InChI=1S/C23H18F3O2S/c1-22(2,23(24,25)26)28-21(27)15-11-13-16(14-12-15)29-19-9-5-3-7-17(19)18-8-4-6-10-20(18)29/h3-14H,1-2H3/q+1. The minimum atomic E-state index is -4.64. The first-order valence-corrected chi connectivity index (χ1v) is 10.2. The van der Waals surface area contributed by atoms with E-state index in [-0.39, 0.29) is 16.0 Å². The molecule has 0 atom stereocenters. The fourth-order valence-electron chi connectivity index (χ4n) is 3.18. The van der Waals surface area contributed by atoms with Crippen LogP contribution in [0.3, 0.4) is 0 Å². The third-order valence-electron chi connectivity index (χ3n) is 4.86. The van der Waals surface area contributed by atoms with E-state index in [2.05, 4.69) is 24.3 Å². The van der Waals surface area contributed by atoms with Crippen LogP contribution in [0, 0.1) is 0 Å². The van der Waals surface area contributed by atoms with Crippen LogP contribution in [0.5, 0.6) is 0 Å². The summed E-state index contributed by atoms with van der Waals surface area (Å²) in [5.74, 6) is -0.991. The van der Waals surface area contributed by atoms with Crippen molar-refractivity contribution in [2.75, 3.05) is 0 Å². The summed E-state index contributed by atoms with van der Waals surface area (Å²) < 4.78 is 46.0. The minimum absolute atomic E-state index is 0.0930. The number of esters is 1. The predicted molar refractivity (Wildman–Crippen MR) is 111 cm³/mol. The monoisotopic (exact) mass is 415 g/mol. The Morgan fingerprint density at radius 1 is 0.793 bits per heavy atom. The van der Waals surface area contributed by atoms with Crippen molar-refractivity contribution in [2.45, 2.75) is 25.6 Å². The molecule has 0 bridgehead atoms. The first kappa shape index (κ1) is 19.5. The van der Waals surface area contributed by atoms with Crippen molar-refractivity contribution >= 4 is 36.6 Å². The van der Waals surface area contributed by atoms with Crippen LogP contribution in [-0.2, 0) is 4.74 Å². The topological polar surface area (TPSA) is 26.3 Å². The van der Waals surface area contributed by atoms with Crippen molar-refractivity contribution in [3.63, 3.8) is 0 Å². The van der Waals surface area contributed by atoms with Gasteiger partial charge in [-0.15, -0.1) is 0 Å². The molecule has 1 aromatic heterocycles. The molecule has 0 spiro atoms. The molecule has 0 saturated heterocycles. The maximum absolute atomic E-state index is 13.0. The van der Waals surface area contributed by atoms with Crippen LogP contribution in [-0.4, -0.2) is 17.7 Å². The van der Waals surface area contributed by atoms with Crippen LogP contribution in [0.15, 0.2) is 72.8 Å². The third kappa shape index (κ3) is 3.38. The van der Waals surface area contributed by atoms with E-state index in [1.807, 2.05) is 24.3 Å². The quantitative estimate of drug-likeness (QED) is 0.261. The van der Waals surface area contributed by atoms with Gasteiger partial charge in [0.2, 0.25) is 5.60 Å². The van der Waals surface area contributed by atoms with Crippen molar-refractivity contribution in [3.8, 4) is 4.90 Å². The van der Waals surface area contributed by atoms with Gasteiger partial charge in [-0.05, 0) is 62.4 Å². The number of hydrogen-bond donors (Lipinski definition) is 0. The lowest BCUT2D eigenvalue weighted by atomic mass is 10.1. The molecule has 29 heavy (non-hydrogen) atoms. The zero-order valence-electron chi connectivity index (χ0n) is 15.8. The Bertz CT molecular complexity index is 1150. The lowest BCUT2D eigenvalue weighted by Crippen LogP contribution is -2.43. The molecule has 0 aliphatic heterocycles. The van der Waals surface area contributed by atoms with Gasteiger partial charge in [0.1, 0.15) is 0 Å². The highest BCUT2D eigenvalue weighted by Gasteiger charge is 2.50. The smallest absolute Gasteiger partial charge is 0.427 e. The maximum Gasteiger partial charge on any atom is 0.427 e. The second-order valence-corrected chi connectivity index (χ2v) is 9.18. The fourth-order valence-corrected chi connectivity index (χ4v) is 5.56. The average Bonchev–Trinajstić information content (AvgIpc) is 3.01. The van der Waals surface area contributed by atoms with E-state index in [1.54, 1.807) is 12.1 Å². The zero-order chi connectivity index (χ0) is 20.8. The van der Waals surface area contributed by atoms with Gasteiger partial charge in [-0.3, -0.25) is 0 Å². The number of benzene rings is 3. The summed E-state index contributed by atoms with van der Waals surface area (Å²) in [5, 5.41) is 2.36. The number of alkyl halides is 3. The third-order valence-corrected chi connectivity index (χ3v) is 7.20. The van der Waals surface area contributed by atoms with Gasteiger partial charge in [0.05, 0.1) is 5.56 Å². The number of hydrogen-bond acceptors (Lipinski definition) is 2. The van der Waals surface area contributed by atoms with Gasteiger partial charge in [-0.1, -0.05) is 24.3 Å². The maximum atomic E-state index is 13.0. The van der Waals surface area contributed by atoms with Crippen LogP contribution in [0.25, 0.3) is 25.1 Å². The van der Waals surface area contributed by atoms with Crippen LogP contribution < -0.4 is 0 Å². The molecule has 0 saturated carbocycles. The van der Waals surface area contributed by atoms with Gasteiger partial charge < -0.3 is 4.74 Å². The van der Waals surface area contributed by atoms with Crippen molar-refractivity contribution in [3.05, 3.63) is 78.4 Å². The largest absolute Gasteiger partial charge is 0.446 e. The molecule has 3 aromatic carbocycles. The molecule has 148 valence electrons. The summed E-state index contributed by atoms with van der Waals surface area (Å²) in [4.78, 5) is 13.2. The minimum Gasteiger partial charge on any atom is -0.446 e. The van der Waals surface area contributed by atoms with Crippen LogP contribution in [0.4, 0.5) is 13.2 Å². The van der Waals surface area contributed by atoms with Crippen molar-refractivity contribution < 1.29 is 22.7 Å². The molecule has 4 rings (SSSR count). The van der Waals surface area contributed by atoms with E-state index in [0.29, 0.717) is 0 Å². The molecule has 2 nitrogen and oxygen atoms in total. The lowest BCUT2D eigenvalue weighted by Gasteiger charge is -2.27. The summed E-state index contributed by atoms with van der Waals surface area (Å²) in [5.41, 5.74) is -2.45. The molecule has 0 aliphatic rings. The SMILES string of the molecule is CC(C)(OC(=O)c1ccc(-[s+]2c3ccccc3c3ccccc32)cc1)C(F)(F)F. The van der Waals surface area contributed by atoms with Crippen molar-refractivity contribution in [2.24, 2.45) is 0 Å². The summed E-state index contributed by atoms with van der Waals surface area (Å²) >= 11 is 0. The number of thiophene rings is 1. The molecular formula is C23H18F3O2S+. The predicted octanol–water partition coefficient (Wildman–Crippen LogP) is 7.23. The fraction of sp³-hybridized carbons (Fsp3) is 0.174. The molecule has 4 aromatic rings. The molecule has 0 fully saturated rings. The molecule has 1 heterocycles. The normalized spacial score (nSPS) is 12.4. The van der Waals surface area contributed by atoms with E-state index < -0.39 is 17.7 Å². The van der Waals surface area contributed by atoms with Gasteiger partial charge in [0, 0.05) is 21.2 Å². The number of fused-ring (bicyclic) bond motifs is 3. The lowest BCUT2D eigenvalue weighted by molar-refractivity contribution is -0.244. The summed E-state index contributed by atoms with van der Waals surface area (Å²) in [7, 11) is -0.327. The van der Waals surface area contributed by atoms with Gasteiger partial charge in [-0.2, -0.15) is 13.2 Å². The van der Waals surface area contributed by atoms with Gasteiger partial charge in [-0.25, -0.2) is 4.79 Å².